The number of carboxylic acid groups (broad SMARTS) is 1. The van der Waals surface area contributed by atoms with Crippen molar-refractivity contribution >= 4 is 6.09 Å². The van der Waals surface area contributed by atoms with E-state index in [9.17, 15) is 9.90 Å². The first-order valence-electron chi connectivity index (χ1n) is 10.1. The van der Waals surface area contributed by atoms with Gasteiger partial charge >= 0.3 is 6.09 Å². The van der Waals surface area contributed by atoms with Crippen LogP contribution in [-0.4, -0.2) is 47.2 Å². The maximum absolute atomic E-state index is 12.5. The van der Waals surface area contributed by atoms with Crippen LogP contribution >= 0.6 is 0 Å². The number of fused-ring (bicyclic) bond motifs is 4. The molecule has 2 aromatic carbocycles. The summed E-state index contributed by atoms with van der Waals surface area (Å²) in [7, 11) is 0. The SMILES string of the molecule is O=C(O)N1CCc2ccccc2C1(c1ccccc1)C1CN2CCC1CC2. The van der Waals surface area contributed by atoms with E-state index in [0.29, 0.717) is 18.4 Å². The molecular weight excluding hydrogens is 336 g/mol. The van der Waals surface area contributed by atoms with Crippen molar-refractivity contribution in [2.45, 2.75) is 24.8 Å². The van der Waals surface area contributed by atoms with Crippen molar-refractivity contribution in [1.29, 1.82) is 0 Å². The Balaban J connectivity index is 1.79. The van der Waals surface area contributed by atoms with Crippen LogP contribution < -0.4 is 0 Å². The summed E-state index contributed by atoms with van der Waals surface area (Å²) in [6.45, 7) is 3.85. The van der Waals surface area contributed by atoms with Gasteiger partial charge in [0.1, 0.15) is 5.54 Å². The molecule has 6 rings (SSSR count). The molecule has 2 aromatic rings. The fraction of sp³-hybridized carbons (Fsp3) is 0.435. The summed E-state index contributed by atoms with van der Waals surface area (Å²) in [5.41, 5.74) is 3.03. The third-order valence-corrected chi connectivity index (χ3v) is 7.10. The molecule has 4 aliphatic rings. The Bertz CT molecular complexity index is 844. The van der Waals surface area contributed by atoms with Gasteiger partial charge in [-0.05, 0) is 55.0 Å². The molecule has 0 radical (unpaired) electrons. The van der Waals surface area contributed by atoms with E-state index in [1.165, 1.54) is 24.0 Å². The first-order valence-corrected chi connectivity index (χ1v) is 10.1. The minimum Gasteiger partial charge on any atom is -0.465 e. The smallest absolute Gasteiger partial charge is 0.408 e. The lowest BCUT2D eigenvalue weighted by atomic mass is 9.60. The fourth-order valence-electron chi connectivity index (χ4n) is 5.97. The van der Waals surface area contributed by atoms with Crippen molar-refractivity contribution < 1.29 is 9.90 Å². The van der Waals surface area contributed by atoms with Crippen LogP contribution in [0.25, 0.3) is 0 Å². The number of benzene rings is 2. The molecule has 2 atom stereocenters. The topological polar surface area (TPSA) is 43.8 Å². The van der Waals surface area contributed by atoms with Crippen LogP contribution in [0.1, 0.15) is 29.5 Å². The van der Waals surface area contributed by atoms with Gasteiger partial charge in [0.15, 0.2) is 0 Å². The van der Waals surface area contributed by atoms with Crippen LogP contribution in [0.15, 0.2) is 54.6 Å². The highest BCUT2D eigenvalue weighted by atomic mass is 16.4. The summed E-state index contributed by atoms with van der Waals surface area (Å²) >= 11 is 0. The van der Waals surface area contributed by atoms with Gasteiger partial charge < -0.3 is 10.0 Å². The van der Waals surface area contributed by atoms with Gasteiger partial charge in [0.25, 0.3) is 0 Å². The number of piperidine rings is 3. The second-order valence-corrected chi connectivity index (χ2v) is 8.22. The maximum atomic E-state index is 12.5. The molecule has 4 aliphatic heterocycles. The minimum atomic E-state index is -0.801. The zero-order valence-electron chi connectivity index (χ0n) is 15.6. The van der Waals surface area contributed by atoms with Crippen molar-refractivity contribution in [3.05, 3.63) is 71.3 Å². The van der Waals surface area contributed by atoms with E-state index < -0.39 is 11.6 Å². The minimum absolute atomic E-state index is 0.292. The predicted molar refractivity (Wildman–Crippen MR) is 105 cm³/mol. The first kappa shape index (κ1) is 16.8. The van der Waals surface area contributed by atoms with E-state index in [1.54, 1.807) is 4.90 Å². The van der Waals surface area contributed by atoms with Gasteiger partial charge in [-0.15, -0.1) is 0 Å². The third-order valence-electron chi connectivity index (χ3n) is 7.10. The van der Waals surface area contributed by atoms with E-state index in [1.807, 2.05) is 6.07 Å². The number of hydrogen-bond donors (Lipinski definition) is 1. The second kappa shape index (κ2) is 6.38. The van der Waals surface area contributed by atoms with Gasteiger partial charge in [-0.25, -0.2) is 4.79 Å². The number of carbonyl (C=O) groups is 1. The quantitative estimate of drug-likeness (QED) is 0.883. The van der Waals surface area contributed by atoms with Crippen molar-refractivity contribution in [2.75, 3.05) is 26.2 Å². The van der Waals surface area contributed by atoms with Gasteiger partial charge in [0.2, 0.25) is 0 Å². The van der Waals surface area contributed by atoms with Gasteiger partial charge in [-0.1, -0.05) is 54.6 Å². The lowest BCUT2D eigenvalue weighted by Gasteiger charge is -2.58. The largest absolute Gasteiger partial charge is 0.465 e. The first-order chi connectivity index (χ1) is 13.2. The normalized spacial score (nSPS) is 32.1. The van der Waals surface area contributed by atoms with E-state index in [2.05, 4.69) is 53.4 Å². The number of rotatable bonds is 2. The Morgan fingerprint density at radius 3 is 2.33 bits per heavy atom. The van der Waals surface area contributed by atoms with Crippen LogP contribution in [0.2, 0.25) is 0 Å². The van der Waals surface area contributed by atoms with Crippen LogP contribution in [0.3, 0.4) is 0 Å². The molecule has 0 saturated carbocycles. The molecule has 1 amide bonds. The molecule has 4 heterocycles. The van der Waals surface area contributed by atoms with Crippen LogP contribution in [-0.2, 0) is 12.0 Å². The molecule has 4 heteroatoms. The van der Waals surface area contributed by atoms with Gasteiger partial charge in [0.05, 0.1) is 0 Å². The monoisotopic (exact) mass is 362 g/mol. The summed E-state index contributed by atoms with van der Waals surface area (Å²) in [6, 6.07) is 18.9. The maximum Gasteiger partial charge on any atom is 0.408 e. The van der Waals surface area contributed by atoms with E-state index in [-0.39, 0.29) is 0 Å². The average molecular weight is 362 g/mol. The molecule has 0 aliphatic carbocycles. The molecule has 0 spiro atoms. The summed E-state index contributed by atoms with van der Waals surface area (Å²) in [5.74, 6) is 0.864. The molecule has 140 valence electrons. The van der Waals surface area contributed by atoms with Gasteiger partial charge in [-0.2, -0.15) is 0 Å². The Kier molecular flexibility index (Phi) is 3.97. The zero-order valence-corrected chi connectivity index (χ0v) is 15.6. The molecule has 3 saturated heterocycles. The Labute approximate surface area is 160 Å². The molecule has 4 nitrogen and oxygen atoms in total. The Morgan fingerprint density at radius 1 is 0.963 bits per heavy atom. The third kappa shape index (κ3) is 2.43. The van der Waals surface area contributed by atoms with Crippen molar-refractivity contribution in [3.63, 3.8) is 0 Å². The zero-order chi connectivity index (χ0) is 18.4. The standard InChI is InChI=1S/C23H26N2O2/c26-22(27)25-15-12-17-6-4-5-9-20(17)23(25,19-7-2-1-3-8-19)21-16-24-13-10-18(21)11-14-24/h1-9,18,21H,10-16H2,(H,26,27). The lowest BCUT2D eigenvalue weighted by Crippen LogP contribution is -2.64. The molecule has 1 N–H and O–H groups in total. The Hall–Kier alpha value is -2.33. The lowest BCUT2D eigenvalue weighted by molar-refractivity contribution is -0.0422. The highest BCUT2D eigenvalue weighted by Gasteiger charge is 2.56. The van der Waals surface area contributed by atoms with E-state index in [4.69, 9.17) is 0 Å². The average Bonchev–Trinajstić information content (AvgIpc) is 2.74. The Morgan fingerprint density at radius 2 is 1.67 bits per heavy atom. The van der Waals surface area contributed by atoms with E-state index in [0.717, 1.165) is 31.6 Å². The second-order valence-electron chi connectivity index (χ2n) is 8.22. The summed E-state index contributed by atoms with van der Waals surface area (Å²) < 4.78 is 0. The summed E-state index contributed by atoms with van der Waals surface area (Å²) in [5, 5.41) is 10.3. The predicted octanol–water partition coefficient (Wildman–Crippen LogP) is 3.81. The van der Waals surface area contributed by atoms with Crippen LogP contribution in [0.4, 0.5) is 4.79 Å². The molecular formula is C23H26N2O2. The molecule has 3 fully saturated rings. The highest BCUT2D eigenvalue weighted by molar-refractivity contribution is 5.70. The van der Waals surface area contributed by atoms with Crippen molar-refractivity contribution in [1.82, 2.24) is 9.80 Å². The van der Waals surface area contributed by atoms with Crippen molar-refractivity contribution in [2.24, 2.45) is 11.8 Å². The van der Waals surface area contributed by atoms with Gasteiger partial charge in [0, 0.05) is 19.0 Å². The highest BCUT2D eigenvalue weighted by Crippen LogP contribution is 2.52. The molecule has 2 unspecified atom stereocenters. The van der Waals surface area contributed by atoms with Crippen LogP contribution in [0, 0.1) is 11.8 Å². The fourth-order valence-corrected chi connectivity index (χ4v) is 5.97. The van der Waals surface area contributed by atoms with E-state index >= 15 is 0 Å². The number of hydrogen-bond acceptors (Lipinski definition) is 2. The summed E-state index contributed by atoms with van der Waals surface area (Å²) in [4.78, 5) is 16.8. The number of nitrogens with zero attached hydrogens (tertiary/aromatic N) is 2. The van der Waals surface area contributed by atoms with Gasteiger partial charge in [-0.3, -0.25) is 4.90 Å². The summed E-state index contributed by atoms with van der Waals surface area (Å²) in [6.07, 6.45) is 2.34. The van der Waals surface area contributed by atoms with Crippen molar-refractivity contribution in [3.8, 4) is 0 Å². The molecule has 0 aromatic heterocycles. The number of amides is 1. The van der Waals surface area contributed by atoms with Crippen LogP contribution in [0.5, 0.6) is 0 Å². The molecule has 2 bridgehead atoms. The molecule has 27 heavy (non-hydrogen) atoms.